The predicted octanol–water partition coefficient (Wildman–Crippen LogP) is 3.25. The van der Waals surface area contributed by atoms with Gasteiger partial charge in [-0.3, -0.25) is 4.68 Å². The van der Waals surface area contributed by atoms with E-state index in [-0.39, 0.29) is 0 Å². The monoisotopic (exact) mass is 299 g/mol. The number of aryl methyl sites for hydroxylation is 2. The fourth-order valence-corrected chi connectivity index (χ4v) is 2.59. The molecule has 0 bridgehead atoms. The molecule has 1 saturated carbocycles. The molecule has 1 aromatic rings. The van der Waals surface area contributed by atoms with Crippen molar-refractivity contribution in [2.24, 2.45) is 5.92 Å². The van der Waals surface area contributed by atoms with E-state index >= 15 is 0 Å². The lowest BCUT2D eigenvalue weighted by Crippen LogP contribution is -2.18. The average molecular weight is 300 g/mol. The van der Waals surface area contributed by atoms with Crippen LogP contribution < -0.4 is 5.32 Å². The first-order valence-electron chi connectivity index (χ1n) is 6.64. The first-order chi connectivity index (χ1) is 8.22. The van der Waals surface area contributed by atoms with Gasteiger partial charge in [-0.15, -0.1) is 0 Å². The van der Waals surface area contributed by atoms with Crippen molar-refractivity contribution in [2.45, 2.75) is 52.6 Å². The van der Waals surface area contributed by atoms with Gasteiger partial charge in [-0.2, -0.15) is 5.10 Å². The van der Waals surface area contributed by atoms with E-state index in [9.17, 15) is 0 Å². The summed E-state index contributed by atoms with van der Waals surface area (Å²) in [5, 5.41) is 8.02. The number of aromatic nitrogens is 2. The summed E-state index contributed by atoms with van der Waals surface area (Å²) in [5.41, 5.74) is 2.36. The predicted molar refractivity (Wildman–Crippen MR) is 74.0 cm³/mol. The maximum Gasteiger partial charge on any atom is 0.0739 e. The van der Waals surface area contributed by atoms with E-state index in [4.69, 9.17) is 0 Å². The van der Waals surface area contributed by atoms with E-state index in [1.807, 2.05) is 6.92 Å². The van der Waals surface area contributed by atoms with Crippen LogP contribution in [0.5, 0.6) is 0 Å². The van der Waals surface area contributed by atoms with E-state index in [0.717, 1.165) is 35.7 Å². The van der Waals surface area contributed by atoms with Gasteiger partial charge in [-0.25, -0.2) is 0 Å². The number of nitrogens with one attached hydrogen (secondary N) is 1. The Labute approximate surface area is 112 Å². The van der Waals surface area contributed by atoms with Gasteiger partial charge in [0.05, 0.1) is 15.9 Å². The van der Waals surface area contributed by atoms with Crippen molar-refractivity contribution in [1.82, 2.24) is 15.1 Å². The third kappa shape index (κ3) is 3.55. The molecule has 1 aromatic heterocycles. The number of nitrogens with zero attached hydrogens (tertiary/aromatic N) is 2. The highest BCUT2D eigenvalue weighted by molar-refractivity contribution is 9.10. The minimum Gasteiger partial charge on any atom is -0.311 e. The molecule has 1 fully saturated rings. The smallest absolute Gasteiger partial charge is 0.0739 e. The summed E-state index contributed by atoms with van der Waals surface area (Å²) in [6.07, 6.45) is 5.64. The van der Waals surface area contributed by atoms with Crippen molar-refractivity contribution < 1.29 is 0 Å². The maximum absolute atomic E-state index is 4.50. The van der Waals surface area contributed by atoms with Crippen LogP contribution in [0.15, 0.2) is 4.47 Å². The van der Waals surface area contributed by atoms with E-state index < -0.39 is 0 Å². The molecule has 2 rings (SSSR count). The topological polar surface area (TPSA) is 29.9 Å². The molecule has 0 aliphatic heterocycles. The van der Waals surface area contributed by atoms with Crippen molar-refractivity contribution in [3.05, 3.63) is 15.9 Å². The first-order valence-corrected chi connectivity index (χ1v) is 7.44. The first kappa shape index (κ1) is 13.1. The lowest BCUT2D eigenvalue weighted by molar-refractivity contribution is 0.553. The number of hydrogen-bond acceptors (Lipinski definition) is 2. The molecule has 0 saturated heterocycles. The molecule has 17 heavy (non-hydrogen) atoms. The Kier molecular flexibility index (Phi) is 4.62. The second kappa shape index (κ2) is 6.01. The molecule has 1 heterocycles. The zero-order valence-corrected chi connectivity index (χ0v) is 12.4. The molecule has 0 amide bonds. The van der Waals surface area contributed by atoms with Gasteiger partial charge in [0.15, 0.2) is 0 Å². The number of halogens is 1. The zero-order chi connectivity index (χ0) is 12.3. The van der Waals surface area contributed by atoms with Gasteiger partial charge < -0.3 is 5.32 Å². The molecule has 1 aliphatic rings. The van der Waals surface area contributed by atoms with Gasteiger partial charge in [0, 0.05) is 13.1 Å². The molecule has 3 nitrogen and oxygen atoms in total. The summed E-state index contributed by atoms with van der Waals surface area (Å²) in [4.78, 5) is 0. The number of rotatable bonds is 7. The van der Waals surface area contributed by atoms with Crippen LogP contribution >= 0.6 is 15.9 Å². The fourth-order valence-electron chi connectivity index (χ4n) is 2.17. The highest BCUT2D eigenvalue weighted by atomic mass is 79.9. The van der Waals surface area contributed by atoms with Gasteiger partial charge in [0.2, 0.25) is 0 Å². The van der Waals surface area contributed by atoms with Crippen molar-refractivity contribution in [1.29, 1.82) is 0 Å². The largest absolute Gasteiger partial charge is 0.311 e. The molecular formula is C13H22BrN3. The van der Waals surface area contributed by atoms with Gasteiger partial charge in [0.25, 0.3) is 0 Å². The second-order valence-corrected chi connectivity index (χ2v) is 5.72. The summed E-state index contributed by atoms with van der Waals surface area (Å²) in [6.45, 7) is 7.16. The lowest BCUT2D eigenvalue weighted by Gasteiger charge is -2.07. The third-order valence-corrected chi connectivity index (χ3v) is 4.44. The minimum atomic E-state index is 0.917. The number of hydrogen-bond donors (Lipinski definition) is 1. The Bertz CT molecular complexity index is 369. The van der Waals surface area contributed by atoms with Gasteiger partial charge in [-0.05, 0) is 55.1 Å². The summed E-state index contributed by atoms with van der Waals surface area (Å²) >= 11 is 3.62. The van der Waals surface area contributed by atoms with Crippen LogP contribution in [0, 0.1) is 12.8 Å². The maximum atomic E-state index is 4.50. The minimum absolute atomic E-state index is 0.917. The molecule has 4 heteroatoms. The summed E-state index contributed by atoms with van der Waals surface area (Å²) in [5.74, 6) is 1.05. The van der Waals surface area contributed by atoms with E-state index in [1.165, 1.54) is 31.4 Å². The Morgan fingerprint density at radius 3 is 2.88 bits per heavy atom. The normalized spacial score (nSPS) is 15.5. The highest BCUT2D eigenvalue weighted by Crippen LogP contribution is 2.33. The van der Waals surface area contributed by atoms with Crippen LogP contribution in [0.25, 0.3) is 0 Å². The SMILES string of the molecule is CCn1nc(C)c(Br)c1CNCCCC1CC1. The molecule has 0 unspecified atom stereocenters. The Balaban J connectivity index is 1.76. The zero-order valence-electron chi connectivity index (χ0n) is 10.8. The van der Waals surface area contributed by atoms with E-state index in [0.29, 0.717) is 0 Å². The van der Waals surface area contributed by atoms with Gasteiger partial charge >= 0.3 is 0 Å². The van der Waals surface area contributed by atoms with E-state index in [1.54, 1.807) is 0 Å². The highest BCUT2D eigenvalue weighted by Gasteiger charge is 2.20. The molecule has 0 spiro atoms. The lowest BCUT2D eigenvalue weighted by atomic mass is 10.2. The Morgan fingerprint density at radius 1 is 1.47 bits per heavy atom. The molecule has 1 N–H and O–H groups in total. The quantitative estimate of drug-likeness (QED) is 0.783. The molecule has 1 aliphatic carbocycles. The molecule has 0 atom stereocenters. The van der Waals surface area contributed by atoms with Crippen molar-refractivity contribution >= 4 is 15.9 Å². The Morgan fingerprint density at radius 2 is 2.24 bits per heavy atom. The average Bonchev–Trinajstić information content (AvgIpc) is 3.10. The van der Waals surface area contributed by atoms with Crippen LogP contribution in [-0.2, 0) is 13.1 Å². The van der Waals surface area contributed by atoms with Crippen LogP contribution in [0.1, 0.15) is 44.0 Å². The molecule has 96 valence electrons. The summed E-state index contributed by atoms with van der Waals surface area (Å²) in [6, 6.07) is 0. The van der Waals surface area contributed by atoms with Crippen LogP contribution in [-0.4, -0.2) is 16.3 Å². The van der Waals surface area contributed by atoms with Gasteiger partial charge in [-0.1, -0.05) is 12.8 Å². The van der Waals surface area contributed by atoms with Crippen LogP contribution in [0.2, 0.25) is 0 Å². The van der Waals surface area contributed by atoms with Crippen LogP contribution in [0.4, 0.5) is 0 Å². The molecular weight excluding hydrogens is 278 g/mol. The fraction of sp³-hybridized carbons (Fsp3) is 0.769. The van der Waals surface area contributed by atoms with Crippen molar-refractivity contribution in [2.75, 3.05) is 6.54 Å². The van der Waals surface area contributed by atoms with Crippen LogP contribution in [0.3, 0.4) is 0 Å². The van der Waals surface area contributed by atoms with Crippen molar-refractivity contribution in [3.8, 4) is 0 Å². The van der Waals surface area contributed by atoms with Gasteiger partial charge in [0.1, 0.15) is 0 Å². The third-order valence-electron chi connectivity index (χ3n) is 3.41. The van der Waals surface area contributed by atoms with Crippen molar-refractivity contribution in [3.63, 3.8) is 0 Å². The molecule has 0 aromatic carbocycles. The second-order valence-electron chi connectivity index (χ2n) is 4.92. The summed E-state index contributed by atoms with van der Waals surface area (Å²) < 4.78 is 3.24. The summed E-state index contributed by atoms with van der Waals surface area (Å²) in [7, 11) is 0. The van der Waals surface area contributed by atoms with E-state index in [2.05, 4.69) is 38.0 Å². The molecule has 0 radical (unpaired) electrons. The standard InChI is InChI=1S/C13H22BrN3/c1-3-17-12(13(14)10(2)16-17)9-15-8-4-5-11-6-7-11/h11,15H,3-9H2,1-2H3. The Hall–Kier alpha value is -0.350.